The predicted octanol–water partition coefficient (Wildman–Crippen LogP) is 1.84. The summed E-state index contributed by atoms with van der Waals surface area (Å²) >= 11 is 0. The number of rotatable bonds is 14. The van der Waals surface area contributed by atoms with E-state index in [0.29, 0.717) is 13.2 Å². The molecule has 4 nitrogen and oxygen atoms in total. The second kappa shape index (κ2) is 15.8. The molecule has 17 heavy (non-hydrogen) atoms. The zero-order valence-electron chi connectivity index (χ0n) is 11.5. The fraction of sp³-hybridized carbons (Fsp3) is 1.00. The van der Waals surface area contributed by atoms with E-state index in [1.54, 1.807) is 7.11 Å². The highest BCUT2D eigenvalue weighted by atomic mass is 16.5. The van der Waals surface area contributed by atoms with Crippen molar-refractivity contribution in [3.05, 3.63) is 0 Å². The summed E-state index contributed by atoms with van der Waals surface area (Å²) in [6.45, 7) is 8.18. The van der Waals surface area contributed by atoms with E-state index in [1.807, 2.05) is 0 Å². The zero-order valence-corrected chi connectivity index (χ0v) is 11.5. The van der Waals surface area contributed by atoms with Crippen LogP contribution in [0.25, 0.3) is 0 Å². The van der Waals surface area contributed by atoms with E-state index in [0.717, 1.165) is 45.8 Å². The normalized spacial score (nSPS) is 10.9. The lowest BCUT2D eigenvalue weighted by atomic mass is 10.3. The van der Waals surface area contributed by atoms with Crippen LogP contribution in [0.2, 0.25) is 0 Å². The van der Waals surface area contributed by atoms with Crippen LogP contribution in [-0.2, 0) is 14.2 Å². The molecule has 0 spiro atoms. The summed E-state index contributed by atoms with van der Waals surface area (Å²) in [6.07, 6.45) is 4.48. The molecule has 0 rings (SSSR count). The van der Waals surface area contributed by atoms with Crippen molar-refractivity contribution < 1.29 is 14.2 Å². The minimum absolute atomic E-state index is 0.692. The van der Waals surface area contributed by atoms with Gasteiger partial charge in [-0.05, 0) is 38.8 Å². The van der Waals surface area contributed by atoms with E-state index in [4.69, 9.17) is 14.2 Å². The van der Waals surface area contributed by atoms with Gasteiger partial charge in [-0.25, -0.2) is 0 Å². The van der Waals surface area contributed by atoms with Gasteiger partial charge in [-0.3, -0.25) is 0 Å². The van der Waals surface area contributed by atoms with Crippen molar-refractivity contribution in [3.63, 3.8) is 0 Å². The first-order chi connectivity index (χ1) is 8.41. The van der Waals surface area contributed by atoms with Crippen molar-refractivity contribution in [2.24, 2.45) is 0 Å². The van der Waals surface area contributed by atoms with Crippen molar-refractivity contribution in [2.75, 3.05) is 53.2 Å². The van der Waals surface area contributed by atoms with E-state index >= 15 is 0 Å². The summed E-state index contributed by atoms with van der Waals surface area (Å²) in [5, 5.41) is 3.37. The Morgan fingerprint density at radius 2 is 1.47 bits per heavy atom. The third kappa shape index (κ3) is 15.8. The van der Waals surface area contributed by atoms with Crippen LogP contribution >= 0.6 is 0 Å². The molecule has 0 aromatic heterocycles. The number of methoxy groups -OCH3 is 1. The molecule has 4 heteroatoms. The SMILES string of the molecule is CCCNCCCCOCCOCCCOC. The van der Waals surface area contributed by atoms with Gasteiger partial charge in [0.15, 0.2) is 0 Å². The van der Waals surface area contributed by atoms with Crippen LogP contribution in [0, 0.1) is 0 Å². The first kappa shape index (κ1) is 16.8. The third-order valence-corrected chi connectivity index (χ3v) is 2.33. The van der Waals surface area contributed by atoms with Gasteiger partial charge in [0.2, 0.25) is 0 Å². The largest absolute Gasteiger partial charge is 0.385 e. The van der Waals surface area contributed by atoms with Crippen molar-refractivity contribution in [1.82, 2.24) is 5.32 Å². The summed E-state index contributed by atoms with van der Waals surface area (Å²) < 4.78 is 15.8. The van der Waals surface area contributed by atoms with E-state index in [9.17, 15) is 0 Å². The maximum atomic E-state index is 5.46. The molecule has 0 saturated heterocycles. The van der Waals surface area contributed by atoms with E-state index in [1.165, 1.54) is 12.8 Å². The monoisotopic (exact) mass is 247 g/mol. The number of ether oxygens (including phenoxy) is 3. The van der Waals surface area contributed by atoms with Crippen LogP contribution in [-0.4, -0.2) is 53.2 Å². The number of nitrogens with one attached hydrogen (secondary N) is 1. The lowest BCUT2D eigenvalue weighted by molar-refractivity contribution is 0.0388. The standard InChI is InChI=1S/C13H29NO3/c1-3-7-14-8-4-5-10-16-12-13-17-11-6-9-15-2/h14H,3-13H2,1-2H3. The molecule has 0 radical (unpaired) electrons. The summed E-state index contributed by atoms with van der Waals surface area (Å²) in [7, 11) is 1.71. The van der Waals surface area contributed by atoms with Crippen LogP contribution in [0.1, 0.15) is 32.6 Å². The van der Waals surface area contributed by atoms with Gasteiger partial charge in [-0.15, -0.1) is 0 Å². The Balaban J connectivity index is 2.85. The fourth-order valence-electron chi connectivity index (χ4n) is 1.38. The minimum atomic E-state index is 0.692. The average Bonchev–Trinajstić information content (AvgIpc) is 2.35. The van der Waals surface area contributed by atoms with Gasteiger partial charge >= 0.3 is 0 Å². The maximum Gasteiger partial charge on any atom is 0.0700 e. The summed E-state index contributed by atoms with van der Waals surface area (Å²) in [4.78, 5) is 0. The van der Waals surface area contributed by atoms with Gasteiger partial charge in [-0.2, -0.15) is 0 Å². The average molecular weight is 247 g/mol. The molecule has 0 aliphatic carbocycles. The molecular formula is C13H29NO3. The molecule has 0 unspecified atom stereocenters. The lowest BCUT2D eigenvalue weighted by Gasteiger charge is -2.06. The van der Waals surface area contributed by atoms with Gasteiger partial charge in [0, 0.05) is 26.9 Å². The predicted molar refractivity (Wildman–Crippen MR) is 70.5 cm³/mol. The van der Waals surface area contributed by atoms with Gasteiger partial charge in [0.05, 0.1) is 13.2 Å². The van der Waals surface area contributed by atoms with Crippen LogP contribution in [0.3, 0.4) is 0 Å². The van der Waals surface area contributed by atoms with Gasteiger partial charge in [0.1, 0.15) is 0 Å². The molecule has 0 aromatic rings. The molecule has 104 valence electrons. The number of hydrogen-bond acceptors (Lipinski definition) is 4. The van der Waals surface area contributed by atoms with Crippen molar-refractivity contribution in [2.45, 2.75) is 32.6 Å². The summed E-state index contributed by atoms with van der Waals surface area (Å²) in [6, 6.07) is 0. The molecule has 0 fully saturated rings. The summed E-state index contributed by atoms with van der Waals surface area (Å²) in [5.74, 6) is 0. The molecular weight excluding hydrogens is 218 g/mol. The second-order valence-corrected chi connectivity index (χ2v) is 4.03. The highest BCUT2D eigenvalue weighted by Gasteiger charge is 1.92. The third-order valence-electron chi connectivity index (χ3n) is 2.33. The van der Waals surface area contributed by atoms with Crippen molar-refractivity contribution in [3.8, 4) is 0 Å². The molecule has 1 N–H and O–H groups in total. The smallest absolute Gasteiger partial charge is 0.0700 e. The van der Waals surface area contributed by atoms with Crippen LogP contribution < -0.4 is 5.32 Å². The zero-order chi connectivity index (χ0) is 12.6. The molecule has 0 atom stereocenters. The molecule has 0 aliphatic heterocycles. The first-order valence-corrected chi connectivity index (χ1v) is 6.77. The highest BCUT2D eigenvalue weighted by molar-refractivity contribution is 4.46. The van der Waals surface area contributed by atoms with E-state index in [-0.39, 0.29) is 0 Å². The number of hydrogen-bond donors (Lipinski definition) is 1. The Morgan fingerprint density at radius 3 is 2.12 bits per heavy atom. The molecule has 0 amide bonds. The lowest BCUT2D eigenvalue weighted by Crippen LogP contribution is -2.16. The summed E-state index contributed by atoms with van der Waals surface area (Å²) in [5.41, 5.74) is 0. The number of unbranched alkanes of at least 4 members (excludes halogenated alkanes) is 1. The molecule has 0 saturated carbocycles. The Labute approximate surface area is 106 Å². The van der Waals surface area contributed by atoms with E-state index in [2.05, 4.69) is 12.2 Å². The molecule has 0 heterocycles. The fourth-order valence-corrected chi connectivity index (χ4v) is 1.38. The molecule has 0 bridgehead atoms. The van der Waals surface area contributed by atoms with Gasteiger partial charge in [0.25, 0.3) is 0 Å². The molecule has 0 aliphatic rings. The quantitative estimate of drug-likeness (QED) is 0.475. The second-order valence-electron chi connectivity index (χ2n) is 4.03. The van der Waals surface area contributed by atoms with Crippen LogP contribution in [0.15, 0.2) is 0 Å². The Kier molecular flexibility index (Phi) is 15.7. The van der Waals surface area contributed by atoms with E-state index < -0.39 is 0 Å². The Bertz CT molecular complexity index is 120. The minimum Gasteiger partial charge on any atom is -0.385 e. The molecule has 0 aromatic carbocycles. The Hall–Kier alpha value is -0.160. The van der Waals surface area contributed by atoms with Crippen LogP contribution in [0.5, 0.6) is 0 Å². The van der Waals surface area contributed by atoms with Crippen LogP contribution in [0.4, 0.5) is 0 Å². The van der Waals surface area contributed by atoms with Gasteiger partial charge in [-0.1, -0.05) is 6.92 Å². The van der Waals surface area contributed by atoms with Crippen molar-refractivity contribution in [1.29, 1.82) is 0 Å². The Morgan fingerprint density at radius 1 is 0.765 bits per heavy atom. The highest BCUT2D eigenvalue weighted by Crippen LogP contribution is 1.90. The van der Waals surface area contributed by atoms with Gasteiger partial charge < -0.3 is 19.5 Å². The maximum absolute atomic E-state index is 5.46. The van der Waals surface area contributed by atoms with Crippen molar-refractivity contribution >= 4 is 0 Å². The topological polar surface area (TPSA) is 39.7 Å². The first-order valence-electron chi connectivity index (χ1n) is 6.77.